The van der Waals surface area contributed by atoms with Crippen LogP contribution in [0.5, 0.6) is 0 Å². The standard InChI is InChI=1S/C26H27ClF3N5O2/c1-25(2,3)37-24(36)32-18-9-12-35(13-10-18)22-14-20(19-8-11-31-15-21(19)27)23(34-33-22)16-4-6-17(7-5-16)26(28,29)30/h4-8,11,14-15,18H,9-10,12-13H2,1-3H3,(H,32,36). The van der Waals surface area contributed by atoms with Gasteiger partial charge >= 0.3 is 12.3 Å². The number of carbonyl (C=O) groups excluding carboxylic acids is 1. The number of amides is 1. The zero-order valence-corrected chi connectivity index (χ0v) is 21.4. The van der Waals surface area contributed by atoms with E-state index in [-0.39, 0.29) is 6.04 Å². The Morgan fingerprint density at radius 3 is 2.32 bits per heavy atom. The molecule has 1 aromatic carbocycles. The Morgan fingerprint density at radius 1 is 1.05 bits per heavy atom. The molecule has 196 valence electrons. The molecule has 1 fully saturated rings. The van der Waals surface area contributed by atoms with E-state index in [1.54, 1.807) is 12.3 Å². The Hall–Kier alpha value is -3.40. The Labute approximate surface area is 218 Å². The van der Waals surface area contributed by atoms with Crippen LogP contribution < -0.4 is 10.2 Å². The average Bonchev–Trinajstić information content (AvgIpc) is 2.83. The quantitative estimate of drug-likeness (QED) is 0.419. The molecular weight excluding hydrogens is 507 g/mol. The minimum absolute atomic E-state index is 0.0282. The highest BCUT2D eigenvalue weighted by Crippen LogP contribution is 2.37. The summed E-state index contributed by atoms with van der Waals surface area (Å²) in [5.74, 6) is 0.606. The van der Waals surface area contributed by atoms with E-state index in [9.17, 15) is 18.0 Å². The van der Waals surface area contributed by atoms with Crippen molar-refractivity contribution in [2.24, 2.45) is 0 Å². The second kappa shape index (κ2) is 10.5. The van der Waals surface area contributed by atoms with Gasteiger partial charge in [0, 0.05) is 48.2 Å². The van der Waals surface area contributed by atoms with Gasteiger partial charge in [0.15, 0.2) is 5.82 Å². The molecule has 0 radical (unpaired) electrons. The second-order valence-electron chi connectivity index (χ2n) is 9.80. The van der Waals surface area contributed by atoms with Crippen LogP contribution in [0.1, 0.15) is 39.2 Å². The van der Waals surface area contributed by atoms with E-state index in [1.165, 1.54) is 18.3 Å². The maximum Gasteiger partial charge on any atom is 0.416 e. The SMILES string of the molecule is CC(C)(C)OC(=O)NC1CCN(c2cc(-c3ccncc3Cl)c(-c3ccc(C(F)(F)F)cc3)nn2)CC1. The highest BCUT2D eigenvalue weighted by atomic mass is 35.5. The molecule has 11 heteroatoms. The van der Waals surface area contributed by atoms with Crippen LogP contribution in [0.4, 0.5) is 23.8 Å². The van der Waals surface area contributed by atoms with Crippen LogP contribution >= 0.6 is 11.6 Å². The molecule has 0 unspecified atom stereocenters. The van der Waals surface area contributed by atoms with E-state index in [0.717, 1.165) is 12.1 Å². The van der Waals surface area contributed by atoms with E-state index >= 15 is 0 Å². The monoisotopic (exact) mass is 533 g/mol. The van der Waals surface area contributed by atoms with Crippen molar-refractivity contribution in [3.05, 3.63) is 59.4 Å². The largest absolute Gasteiger partial charge is 0.444 e. The minimum Gasteiger partial charge on any atom is -0.444 e. The van der Waals surface area contributed by atoms with Crippen molar-refractivity contribution in [2.75, 3.05) is 18.0 Å². The first kappa shape index (κ1) is 26.7. The zero-order chi connectivity index (χ0) is 26.8. The predicted molar refractivity (Wildman–Crippen MR) is 135 cm³/mol. The molecule has 1 amide bonds. The molecule has 4 rings (SSSR count). The lowest BCUT2D eigenvalue weighted by molar-refractivity contribution is -0.137. The molecule has 0 atom stereocenters. The van der Waals surface area contributed by atoms with Gasteiger partial charge in [-0.2, -0.15) is 13.2 Å². The molecule has 37 heavy (non-hydrogen) atoms. The molecule has 0 aliphatic carbocycles. The van der Waals surface area contributed by atoms with Gasteiger partial charge in [0.1, 0.15) is 11.3 Å². The molecule has 0 saturated carbocycles. The number of aromatic nitrogens is 3. The fourth-order valence-electron chi connectivity index (χ4n) is 4.09. The first-order valence-electron chi connectivity index (χ1n) is 11.8. The van der Waals surface area contributed by atoms with E-state index in [2.05, 4.69) is 25.4 Å². The van der Waals surface area contributed by atoms with E-state index in [4.69, 9.17) is 16.3 Å². The van der Waals surface area contributed by atoms with Crippen molar-refractivity contribution in [3.8, 4) is 22.4 Å². The first-order chi connectivity index (χ1) is 17.4. The lowest BCUT2D eigenvalue weighted by atomic mass is 9.99. The number of rotatable bonds is 4. The number of hydrogen-bond donors (Lipinski definition) is 1. The summed E-state index contributed by atoms with van der Waals surface area (Å²) in [6.45, 7) is 6.69. The molecule has 2 aromatic heterocycles. The smallest absolute Gasteiger partial charge is 0.416 e. The van der Waals surface area contributed by atoms with E-state index in [0.29, 0.717) is 59.2 Å². The number of nitrogens with one attached hydrogen (secondary N) is 1. The highest BCUT2D eigenvalue weighted by molar-refractivity contribution is 6.33. The number of alkyl halides is 3. The summed E-state index contributed by atoms with van der Waals surface area (Å²) in [7, 11) is 0. The topological polar surface area (TPSA) is 80.2 Å². The van der Waals surface area contributed by atoms with E-state index in [1.807, 2.05) is 26.8 Å². The fourth-order valence-corrected chi connectivity index (χ4v) is 4.31. The lowest BCUT2D eigenvalue weighted by Gasteiger charge is -2.33. The second-order valence-corrected chi connectivity index (χ2v) is 10.2. The van der Waals surface area contributed by atoms with Crippen LogP contribution in [-0.4, -0.2) is 46.0 Å². The summed E-state index contributed by atoms with van der Waals surface area (Å²) in [6, 6.07) is 8.32. The predicted octanol–water partition coefficient (Wildman–Crippen LogP) is 6.37. The number of anilines is 1. The van der Waals surface area contributed by atoms with Crippen LogP contribution in [0.3, 0.4) is 0 Å². The van der Waals surface area contributed by atoms with Gasteiger partial charge < -0.3 is 15.0 Å². The average molecular weight is 534 g/mol. The number of hydrogen-bond acceptors (Lipinski definition) is 6. The van der Waals surface area contributed by atoms with Crippen molar-refractivity contribution in [1.82, 2.24) is 20.5 Å². The molecule has 0 bridgehead atoms. The van der Waals surface area contributed by atoms with Crippen LogP contribution in [0.25, 0.3) is 22.4 Å². The maximum atomic E-state index is 13.1. The van der Waals surface area contributed by atoms with Crippen LogP contribution in [0.15, 0.2) is 48.8 Å². The Bertz CT molecular complexity index is 1250. The van der Waals surface area contributed by atoms with Gasteiger partial charge in [-0.25, -0.2) is 4.79 Å². The van der Waals surface area contributed by atoms with Gasteiger partial charge in [-0.1, -0.05) is 23.7 Å². The third-order valence-corrected chi connectivity index (χ3v) is 6.17. The molecule has 1 aliphatic rings. The van der Waals surface area contributed by atoms with Crippen LogP contribution in [0, 0.1) is 0 Å². The Balaban J connectivity index is 1.58. The summed E-state index contributed by atoms with van der Waals surface area (Å²) in [5.41, 5.74) is 0.851. The van der Waals surface area contributed by atoms with E-state index < -0.39 is 23.4 Å². The number of halogens is 4. The van der Waals surface area contributed by atoms with Crippen molar-refractivity contribution in [3.63, 3.8) is 0 Å². The third kappa shape index (κ3) is 6.68. The summed E-state index contributed by atoms with van der Waals surface area (Å²) >= 11 is 6.43. The summed E-state index contributed by atoms with van der Waals surface area (Å²) in [6.07, 6.45) is -0.413. The van der Waals surface area contributed by atoms with Gasteiger partial charge in [0.2, 0.25) is 0 Å². The molecule has 7 nitrogen and oxygen atoms in total. The number of alkyl carbamates (subject to hydrolysis) is 1. The van der Waals surface area contributed by atoms with Gasteiger partial charge in [-0.15, -0.1) is 10.2 Å². The lowest BCUT2D eigenvalue weighted by Crippen LogP contribution is -2.46. The van der Waals surface area contributed by atoms with Gasteiger partial charge in [0.25, 0.3) is 0 Å². The number of benzene rings is 1. The highest BCUT2D eigenvalue weighted by Gasteiger charge is 2.30. The molecular formula is C26H27ClF3N5O2. The molecule has 3 heterocycles. The van der Waals surface area contributed by atoms with Crippen molar-refractivity contribution in [1.29, 1.82) is 0 Å². The number of pyridine rings is 1. The molecule has 1 saturated heterocycles. The molecule has 1 aliphatic heterocycles. The van der Waals surface area contributed by atoms with Gasteiger partial charge in [-0.3, -0.25) is 4.98 Å². The van der Waals surface area contributed by atoms with Gasteiger partial charge in [-0.05, 0) is 57.9 Å². The number of piperidine rings is 1. The van der Waals surface area contributed by atoms with Gasteiger partial charge in [0.05, 0.1) is 10.6 Å². The fraction of sp³-hybridized carbons (Fsp3) is 0.385. The van der Waals surface area contributed by atoms with Crippen LogP contribution in [-0.2, 0) is 10.9 Å². The summed E-state index contributed by atoms with van der Waals surface area (Å²) in [4.78, 5) is 18.2. The third-order valence-electron chi connectivity index (χ3n) is 5.87. The van der Waals surface area contributed by atoms with Crippen molar-refractivity contribution in [2.45, 2.75) is 51.4 Å². The summed E-state index contributed by atoms with van der Waals surface area (Å²) < 4.78 is 44.5. The Kier molecular flexibility index (Phi) is 7.59. The van der Waals surface area contributed by atoms with Crippen LogP contribution in [0.2, 0.25) is 5.02 Å². The first-order valence-corrected chi connectivity index (χ1v) is 12.2. The van der Waals surface area contributed by atoms with Crippen molar-refractivity contribution >= 4 is 23.5 Å². The molecule has 1 N–H and O–H groups in total. The number of nitrogens with zero attached hydrogens (tertiary/aromatic N) is 4. The Morgan fingerprint density at radius 2 is 1.73 bits per heavy atom. The van der Waals surface area contributed by atoms with Crippen molar-refractivity contribution < 1.29 is 22.7 Å². The summed E-state index contributed by atoms with van der Waals surface area (Å²) in [5, 5.41) is 12.1. The molecule has 3 aromatic rings. The zero-order valence-electron chi connectivity index (χ0n) is 20.6. The maximum absolute atomic E-state index is 13.1. The normalized spacial score (nSPS) is 14.9. The minimum atomic E-state index is -4.43. The number of carbonyl (C=O) groups is 1. The molecule has 0 spiro atoms. The number of ether oxygens (including phenoxy) is 1.